The minimum atomic E-state index is 0.671. The van der Waals surface area contributed by atoms with Crippen molar-refractivity contribution in [1.82, 2.24) is 5.32 Å². The molecule has 0 saturated heterocycles. The van der Waals surface area contributed by atoms with E-state index in [9.17, 15) is 0 Å². The first-order chi connectivity index (χ1) is 8.72. The van der Waals surface area contributed by atoms with Crippen LogP contribution < -0.4 is 5.32 Å². The lowest BCUT2D eigenvalue weighted by molar-refractivity contribution is 0.262. The van der Waals surface area contributed by atoms with Crippen LogP contribution in [0.25, 0.3) is 0 Å². The second-order valence-electron chi connectivity index (χ2n) is 6.13. The zero-order valence-corrected chi connectivity index (χ0v) is 11.8. The standard InChI is InChI=1S/C16H22ClN/c1-11(8-12-6-7-12)18-14-9-13(10-14)15-4-2-3-5-16(15)17/h2-5,11-14,18H,6-10H2,1H3. The van der Waals surface area contributed by atoms with Gasteiger partial charge in [-0.1, -0.05) is 42.6 Å². The summed E-state index contributed by atoms with van der Waals surface area (Å²) in [5.41, 5.74) is 1.34. The Morgan fingerprint density at radius 3 is 2.67 bits per heavy atom. The van der Waals surface area contributed by atoms with Crippen LogP contribution in [0.1, 0.15) is 50.5 Å². The van der Waals surface area contributed by atoms with Crippen LogP contribution in [-0.2, 0) is 0 Å². The van der Waals surface area contributed by atoms with Gasteiger partial charge < -0.3 is 5.32 Å². The third-order valence-corrected chi connectivity index (χ3v) is 4.73. The fourth-order valence-electron chi connectivity index (χ4n) is 3.14. The van der Waals surface area contributed by atoms with E-state index in [1.54, 1.807) is 0 Å². The Morgan fingerprint density at radius 1 is 1.28 bits per heavy atom. The second kappa shape index (κ2) is 5.22. The van der Waals surface area contributed by atoms with Crippen molar-refractivity contribution in [3.05, 3.63) is 34.9 Å². The van der Waals surface area contributed by atoms with E-state index < -0.39 is 0 Å². The topological polar surface area (TPSA) is 12.0 Å². The van der Waals surface area contributed by atoms with Gasteiger partial charge in [0.05, 0.1) is 0 Å². The molecule has 0 heterocycles. The highest BCUT2D eigenvalue weighted by Gasteiger charge is 2.33. The maximum atomic E-state index is 6.24. The molecular formula is C16H22ClN. The van der Waals surface area contributed by atoms with Crippen molar-refractivity contribution in [2.75, 3.05) is 0 Å². The predicted octanol–water partition coefficient (Wildman–Crippen LogP) is 4.36. The first-order valence-corrected chi connectivity index (χ1v) is 7.60. The van der Waals surface area contributed by atoms with Gasteiger partial charge in [-0.25, -0.2) is 0 Å². The van der Waals surface area contributed by atoms with E-state index >= 15 is 0 Å². The predicted molar refractivity (Wildman–Crippen MR) is 77.2 cm³/mol. The fourth-order valence-corrected chi connectivity index (χ4v) is 3.43. The van der Waals surface area contributed by atoms with E-state index in [0.29, 0.717) is 18.0 Å². The maximum absolute atomic E-state index is 6.24. The average molecular weight is 264 g/mol. The Bertz CT molecular complexity index is 407. The van der Waals surface area contributed by atoms with Gasteiger partial charge in [-0.05, 0) is 49.7 Å². The van der Waals surface area contributed by atoms with E-state index in [4.69, 9.17) is 11.6 Å². The van der Waals surface area contributed by atoms with Crippen molar-refractivity contribution >= 4 is 11.6 Å². The fraction of sp³-hybridized carbons (Fsp3) is 0.625. The first-order valence-electron chi connectivity index (χ1n) is 7.23. The molecule has 2 aliphatic rings. The molecule has 0 aliphatic heterocycles. The van der Waals surface area contributed by atoms with Crippen molar-refractivity contribution in [3.63, 3.8) is 0 Å². The maximum Gasteiger partial charge on any atom is 0.0440 e. The van der Waals surface area contributed by atoms with Crippen LogP contribution in [0.2, 0.25) is 5.02 Å². The van der Waals surface area contributed by atoms with Gasteiger partial charge in [0, 0.05) is 17.1 Å². The van der Waals surface area contributed by atoms with Gasteiger partial charge in [-0.3, -0.25) is 0 Å². The average Bonchev–Trinajstić information content (AvgIpc) is 3.08. The Kier molecular flexibility index (Phi) is 3.63. The Hall–Kier alpha value is -0.530. The van der Waals surface area contributed by atoms with Crippen molar-refractivity contribution in [3.8, 4) is 0 Å². The Labute approximate surface area is 115 Å². The lowest BCUT2D eigenvalue weighted by Gasteiger charge is -2.38. The summed E-state index contributed by atoms with van der Waals surface area (Å²) in [6, 6.07) is 9.69. The molecular weight excluding hydrogens is 242 g/mol. The van der Waals surface area contributed by atoms with Gasteiger partial charge in [-0.2, -0.15) is 0 Å². The summed E-state index contributed by atoms with van der Waals surface area (Å²) in [6.07, 6.45) is 6.78. The van der Waals surface area contributed by atoms with E-state index in [1.807, 2.05) is 12.1 Å². The molecule has 0 aromatic heterocycles. The van der Waals surface area contributed by atoms with Gasteiger partial charge in [0.25, 0.3) is 0 Å². The number of rotatable bonds is 5. The normalized spacial score (nSPS) is 28.8. The molecule has 1 N–H and O–H groups in total. The van der Waals surface area contributed by atoms with E-state index in [-0.39, 0.29) is 0 Å². The number of benzene rings is 1. The second-order valence-corrected chi connectivity index (χ2v) is 6.54. The van der Waals surface area contributed by atoms with Gasteiger partial charge in [0.2, 0.25) is 0 Å². The molecule has 1 unspecified atom stereocenters. The number of halogens is 1. The highest BCUT2D eigenvalue weighted by Crippen LogP contribution is 2.40. The molecule has 2 heteroatoms. The van der Waals surface area contributed by atoms with Gasteiger partial charge in [0.1, 0.15) is 0 Å². The SMILES string of the molecule is CC(CC1CC1)NC1CC(c2ccccc2Cl)C1. The van der Waals surface area contributed by atoms with E-state index in [0.717, 1.165) is 10.9 Å². The third-order valence-electron chi connectivity index (χ3n) is 4.39. The number of nitrogens with one attached hydrogen (secondary N) is 1. The van der Waals surface area contributed by atoms with E-state index in [2.05, 4.69) is 24.4 Å². The molecule has 2 saturated carbocycles. The smallest absolute Gasteiger partial charge is 0.0440 e. The zero-order valence-electron chi connectivity index (χ0n) is 11.0. The lowest BCUT2D eigenvalue weighted by atomic mass is 9.75. The van der Waals surface area contributed by atoms with Gasteiger partial charge >= 0.3 is 0 Å². The van der Waals surface area contributed by atoms with Crippen LogP contribution >= 0.6 is 11.6 Å². The van der Waals surface area contributed by atoms with Crippen molar-refractivity contribution in [2.45, 2.75) is 57.0 Å². The molecule has 3 rings (SSSR count). The third kappa shape index (κ3) is 2.89. The lowest BCUT2D eigenvalue weighted by Crippen LogP contribution is -2.44. The summed E-state index contributed by atoms with van der Waals surface area (Å²) in [7, 11) is 0. The molecule has 2 fully saturated rings. The molecule has 18 heavy (non-hydrogen) atoms. The van der Waals surface area contributed by atoms with Crippen molar-refractivity contribution in [1.29, 1.82) is 0 Å². The molecule has 1 aromatic rings. The quantitative estimate of drug-likeness (QED) is 0.832. The highest BCUT2D eigenvalue weighted by atomic mass is 35.5. The summed E-state index contributed by atoms with van der Waals surface area (Å²) >= 11 is 6.24. The summed E-state index contributed by atoms with van der Waals surface area (Å²) in [6.45, 7) is 2.33. The summed E-state index contributed by atoms with van der Waals surface area (Å²) in [5.74, 6) is 1.69. The molecule has 0 amide bonds. The van der Waals surface area contributed by atoms with Gasteiger partial charge in [-0.15, -0.1) is 0 Å². The molecule has 1 nitrogen and oxygen atoms in total. The van der Waals surface area contributed by atoms with E-state index in [1.165, 1.54) is 37.7 Å². The van der Waals surface area contributed by atoms with Crippen molar-refractivity contribution in [2.24, 2.45) is 5.92 Å². The minimum Gasteiger partial charge on any atom is -0.311 e. The largest absolute Gasteiger partial charge is 0.311 e. The summed E-state index contributed by atoms with van der Waals surface area (Å²) in [5, 5.41) is 4.70. The summed E-state index contributed by atoms with van der Waals surface area (Å²) in [4.78, 5) is 0. The monoisotopic (exact) mass is 263 g/mol. The molecule has 0 bridgehead atoms. The van der Waals surface area contributed by atoms with Crippen molar-refractivity contribution < 1.29 is 0 Å². The summed E-state index contributed by atoms with van der Waals surface area (Å²) < 4.78 is 0. The Morgan fingerprint density at radius 2 is 2.00 bits per heavy atom. The van der Waals surface area contributed by atoms with Crippen LogP contribution in [0.3, 0.4) is 0 Å². The number of hydrogen-bond acceptors (Lipinski definition) is 1. The molecule has 0 radical (unpaired) electrons. The van der Waals surface area contributed by atoms with Crippen LogP contribution in [0.15, 0.2) is 24.3 Å². The first kappa shape index (κ1) is 12.5. The van der Waals surface area contributed by atoms with Crippen LogP contribution in [0.4, 0.5) is 0 Å². The van der Waals surface area contributed by atoms with Crippen LogP contribution in [-0.4, -0.2) is 12.1 Å². The minimum absolute atomic E-state index is 0.671. The molecule has 1 atom stereocenters. The molecule has 0 spiro atoms. The van der Waals surface area contributed by atoms with Gasteiger partial charge in [0.15, 0.2) is 0 Å². The van der Waals surface area contributed by atoms with Crippen LogP contribution in [0, 0.1) is 5.92 Å². The zero-order chi connectivity index (χ0) is 12.5. The van der Waals surface area contributed by atoms with Crippen LogP contribution in [0.5, 0.6) is 0 Å². The molecule has 98 valence electrons. The number of hydrogen-bond donors (Lipinski definition) is 1. The molecule has 1 aromatic carbocycles. The highest BCUT2D eigenvalue weighted by molar-refractivity contribution is 6.31. The molecule has 2 aliphatic carbocycles. The Balaban J connectivity index is 1.46.